The molecule has 6 heteroatoms. The summed E-state index contributed by atoms with van der Waals surface area (Å²) in [6.45, 7) is 5.22. The van der Waals surface area contributed by atoms with E-state index < -0.39 is 0 Å². The Hall–Kier alpha value is -1.85. The van der Waals surface area contributed by atoms with Crippen LogP contribution in [0.1, 0.15) is 26.2 Å². The molecular weight excluding hydrogens is 254 g/mol. The first-order valence-corrected chi connectivity index (χ1v) is 7.32. The molecule has 0 atom stereocenters. The molecule has 1 aromatic heterocycles. The molecule has 3 rings (SSSR count). The van der Waals surface area contributed by atoms with Crippen LogP contribution in [0.15, 0.2) is 12.3 Å². The van der Waals surface area contributed by atoms with E-state index in [1.807, 2.05) is 11.0 Å². The van der Waals surface area contributed by atoms with E-state index in [9.17, 15) is 4.79 Å². The lowest BCUT2D eigenvalue weighted by Crippen LogP contribution is -2.56. The van der Waals surface area contributed by atoms with Gasteiger partial charge in [-0.3, -0.25) is 4.79 Å². The lowest BCUT2D eigenvalue weighted by Gasteiger charge is -2.39. The molecule has 3 heterocycles. The number of nitrogens with zero attached hydrogens (tertiary/aromatic N) is 4. The Morgan fingerprint density at radius 2 is 2.05 bits per heavy atom. The van der Waals surface area contributed by atoms with Gasteiger partial charge < -0.3 is 15.1 Å². The van der Waals surface area contributed by atoms with Gasteiger partial charge in [0.1, 0.15) is 5.82 Å². The van der Waals surface area contributed by atoms with Gasteiger partial charge >= 0.3 is 0 Å². The van der Waals surface area contributed by atoms with Crippen molar-refractivity contribution >= 4 is 17.7 Å². The molecule has 0 saturated carbocycles. The van der Waals surface area contributed by atoms with Crippen LogP contribution in [-0.2, 0) is 4.79 Å². The van der Waals surface area contributed by atoms with E-state index in [2.05, 4.69) is 20.2 Å². The minimum absolute atomic E-state index is 0.139. The maximum Gasteiger partial charge on any atom is 0.227 e. The molecule has 0 aliphatic carbocycles. The first-order chi connectivity index (χ1) is 9.72. The smallest absolute Gasteiger partial charge is 0.227 e. The minimum Gasteiger partial charge on any atom is -0.364 e. The number of hydrogen-bond donors (Lipinski definition) is 1. The first-order valence-electron chi connectivity index (χ1n) is 7.32. The number of hydrogen-bond acceptors (Lipinski definition) is 5. The largest absolute Gasteiger partial charge is 0.364 e. The average molecular weight is 275 g/mol. The third-order valence-corrected chi connectivity index (χ3v) is 3.96. The Morgan fingerprint density at radius 3 is 2.75 bits per heavy atom. The van der Waals surface area contributed by atoms with Gasteiger partial charge in [-0.25, -0.2) is 4.98 Å². The minimum atomic E-state index is 0.139. The lowest BCUT2D eigenvalue weighted by atomic mass is 10.1. The summed E-state index contributed by atoms with van der Waals surface area (Å²) >= 11 is 0. The van der Waals surface area contributed by atoms with E-state index in [4.69, 9.17) is 0 Å². The number of likely N-dealkylation sites (tertiary alicyclic amines) is 1. The summed E-state index contributed by atoms with van der Waals surface area (Å²) in [5.41, 5.74) is 0. The van der Waals surface area contributed by atoms with E-state index in [0.29, 0.717) is 6.04 Å². The molecule has 1 amide bonds. The Kier molecular flexibility index (Phi) is 3.71. The van der Waals surface area contributed by atoms with Crippen LogP contribution in [-0.4, -0.2) is 53.0 Å². The number of rotatable bonds is 3. The van der Waals surface area contributed by atoms with Crippen LogP contribution in [0.5, 0.6) is 0 Å². The topological polar surface area (TPSA) is 61.4 Å². The highest BCUT2D eigenvalue weighted by Crippen LogP contribution is 2.18. The van der Waals surface area contributed by atoms with Crippen molar-refractivity contribution in [3.8, 4) is 0 Å². The average Bonchev–Trinajstić information content (AvgIpc) is 2.43. The standard InChI is InChI=1S/C14H21N5O/c1-11(20)19-9-12(10-19)16-13-5-6-15-14(17-13)18-7-3-2-4-8-18/h5-6,12H,2-4,7-10H2,1H3,(H,15,16,17). The highest BCUT2D eigenvalue weighted by Gasteiger charge is 2.28. The van der Waals surface area contributed by atoms with E-state index in [1.165, 1.54) is 19.3 Å². The third-order valence-electron chi connectivity index (χ3n) is 3.96. The van der Waals surface area contributed by atoms with Gasteiger partial charge in [0.15, 0.2) is 0 Å². The van der Waals surface area contributed by atoms with Crippen molar-refractivity contribution in [3.63, 3.8) is 0 Å². The SMILES string of the molecule is CC(=O)N1CC(Nc2ccnc(N3CCCCC3)n2)C1. The van der Waals surface area contributed by atoms with Crippen molar-refractivity contribution in [3.05, 3.63) is 12.3 Å². The zero-order chi connectivity index (χ0) is 13.9. The molecule has 2 fully saturated rings. The van der Waals surface area contributed by atoms with E-state index in [1.54, 1.807) is 13.1 Å². The van der Waals surface area contributed by atoms with Crippen molar-refractivity contribution in [2.75, 3.05) is 36.4 Å². The van der Waals surface area contributed by atoms with Gasteiger partial charge in [-0.1, -0.05) is 0 Å². The lowest BCUT2D eigenvalue weighted by molar-refractivity contribution is -0.132. The molecule has 0 bridgehead atoms. The van der Waals surface area contributed by atoms with Crippen LogP contribution in [0.25, 0.3) is 0 Å². The van der Waals surface area contributed by atoms with Crippen molar-refractivity contribution in [1.29, 1.82) is 0 Å². The molecule has 20 heavy (non-hydrogen) atoms. The maximum atomic E-state index is 11.2. The van der Waals surface area contributed by atoms with Crippen LogP contribution >= 0.6 is 0 Å². The fourth-order valence-corrected chi connectivity index (χ4v) is 2.71. The Morgan fingerprint density at radius 1 is 1.30 bits per heavy atom. The molecule has 2 aliphatic rings. The number of amides is 1. The number of aromatic nitrogens is 2. The number of anilines is 2. The van der Waals surface area contributed by atoms with Gasteiger partial charge in [-0.05, 0) is 25.3 Å². The third kappa shape index (κ3) is 2.84. The highest BCUT2D eigenvalue weighted by atomic mass is 16.2. The van der Waals surface area contributed by atoms with Gasteiger partial charge in [0.25, 0.3) is 0 Å². The molecule has 1 N–H and O–H groups in total. The zero-order valence-electron chi connectivity index (χ0n) is 11.9. The maximum absolute atomic E-state index is 11.2. The molecule has 1 aromatic rings. The normalized spacial score (nSPS) is 19.6. The molecule has 0 unspecified atom stereocenters. The summed E-state index contributed by atoms with van der Waals surface area (Å²) in [6, 6.07) is 2.20. The van der Waals surface area contributed by atoms with Crippen molar-refractivity contribution in [2.45, 2.75) is 32.2 Å². The summed E-state index contributed by atoms with van der Waals surface area (Å²) in [7, 11) is 0. The van der Waals surface area contributed by atoms with Gasteiger partial charge in [-0.15, -0.1) is 0 Å². The molecule has 6 nitrogen and oxygen atoms in total. The van der Waals surface area contributed by atoms with Crippen molar-refractivity contribution in [2.24, 2.45) is 0 Å². The second-order valence-electron chi connectivity index (χ2n) is 5.55. The molecule has 2 saturated heterocycles. The predicted molar refractivity (Wildman–Crippen MR) is 77.8 cm³/mol. The quantitative estimate of drug-likeness (QED) is 0.895. The van der Waals surface area contributed by atoms with Gasteiger partial charge in [0, 0.05) is 39.3 Å². The van der Waals surface area contributed by atoms with E-state index in [-0.39, 0.29) is 5.91 Å². The fourth-order valence-electron chi connectivity index (χ4n) is 2.71. The fraction of sp³-hybridized carbons (Fsp3) is 0.643. The van der Waals surface area contributed by atoms with Gasteiger partial charge in [0.2, 0.25) is 11.9 Å². The van der Waals surface area contributed by atoms with Gasteiger partial charge in [0.05, 0.1) is 6.04 Å². The zero-order valence-corrected chi connectivity index (χ0v) is 11.9. The monoisotopic (exact) mass is 275 g/mol. The van der Waals surface area contributed by atoms with Crippen LogP contribution in [0.4, 0.5) is 11.8 Å². The van der Waals surface area contributed by atoms with Crippen LogP contribution in [0, 0.1) is 0 Å². The molecule has 0 spiro atoms. The second-order valence-corrected chi connectivity index (χ2v) is 5.55. The summed E-state index contributed by atoms with van der Waals surface area (Å²) in [5, 5.41) is 3.37. The summed E-state index contributed by atoms with van der Waals surface area (Å²) in [6.07, 6.45) is 5.55. The number of nitrogens with one attached hydrogen (secondary N) is 1. The Bertz CT molecular complexity index is 480. The van der Waals surface area contributed by atoms with Crippen LogP contribution < -0.4 is 10.2 Å². The van der Waals surface area contributed by atoms with Crippen molar-refractivity contribution < 1.29 is 4.79 Å². The summed E-state index contributed by atoms with van der Waals surface area (Å²) in [5.74, 6) is 1.81. The van der Waals surface area contributed by atoms with Crippen molar-refractivity contribution in [1.82, 2.24) is 14.9 Å². The van der Waals surface area contributed by atoms with Crippen LogP contribution in [0.2, 0.25) is 0 Å². The van der Waals surface area contributed by atoms with E-state index in [0.717, 1.165) is 37.9 Å². The number of carbonyl (C=O) groups is 1. The number of carbonyl (C=O) groups excluding carboxylic acids is 1. The molecular formula is C14H21N5O. The summed E-state index contributed by atoms with van der Waals surface area (Å²) < 4.78 is 0. The number of piperidine rings is 1. The van der Waals surface area contributed by atoms with E-state index >= 15 is 0 Å². The molecule has 0 radical (unpaired) electrons. The molecule has 0 aromatic carbocycles. The molecule has 2 aliphatic heterocycles. The molecule has 108 valence electrons. The summed E-state index contributed by atoms with van der Waals surface area (Å²) in [4.78, 5) is 24.2. The second kappa shape index (κ2) is 5.64. The predicted octanol–water partition coefficient (Wildman–Crippen LogP) is 1.11. The Balaban J connectivity index is 1.59. The Labute approximate surface area is 119 Å². The first kappa shape index (κ1) is 13.1. The van der Waals surface area contributed by atoms with Crippen LogP contribution in [0.3, 0.4) is 0 Å². The highest BCUT2D eigenvalue weighted by molar-refractivity contribution is 5.74. The van der Waals surface area contributed by atoms with Gasteiger partial charge in [-0.2, -0.15) is 4.98 Å².